The van der Waals surface area contributed by atoms with Gasteiger partial charge in [0, 0.05) is 19.0 Å². The van der Waals surface area contributed by atoms with Crippen molar-refractivity contribution in [2.45, 2.75) is 39.0 Å². The molecule has 2 fully saturated rings. The first-order valence-corrected chi connectivity index (χ1v) is 5.58. The summed E-state index contributed by atoms with van der Waals surface area (Å²) in [7, 11) is 0. The van der Waals surface area contributed by atoms with E-state index in [0.717, 1.165) is 19.5 Å². The van der Waals surface area contributed by atoms with Gasteiger partial charge in [0.2, 0.25) is 5.91 Å². The summed E-state index contributed by atoms with van der Waals surface area (Å²) in [4.78, 5) is 14.1. The topological polar surface area (TPSA) is 20.3 Å². The van der Waals surface area contributed by atoms with Crippen LogP contribution >= 0.6 is 0 Å². The third kappa shape index (κ3) is 1.72. The molecule has 2 atom stereocenters. The molecule has 1 heterocycles. The van der Waals surface area contributed by atoms with Crippen molar-refractivity contribution in [2.75, 3.05) is 13.1 Å². The van der Waals surface area contributed by atoms with Crippen LogP contribution in [0.2, 0.25) is 0 Å². The fourth-order valence-electron chi connectivity index (χ4n) is 2.68. The second-order valence-electron chi connectivity index (χ2n) is 4.55. The summed E-state index contributed by atoms with van der Waals surface area (Å²) in [5.41, 5.74) is 0. The van der Waals surface area contributed by atoms with Crippen molar-refractivity contribution in [1.29, 1.82) is 0 Å². The average Bonchev–Trinajstić information content (AvgIpc) is 2.72. The van der Waals surface area contributed by atoms with Gasteiger partial charge in [0.25, 0.3) is 0 Å². The van der Waals surface area contributed by atoms with Crippen molar-refractivity contribution < 1.29 is 4.79 Å². The quantitative estimate of drug-likeness (QED) is 0.606. The Bertz CT molecular complexity index is 196. The van der Waals surface area contributed by atoms with E-state index in [1.807, 2.05) is 0 Å². The Labute approximate surface area is 80.3 Å². The highest BCUT2D eigenvalue weighted by Gasteiger charge is 2.33. The molecule has 0 spiro atoms. The van der Waals surface area contributed by atoms with E-state index in [2.05, 4.69) is 11.8 Å². The predicted molar refractivity (Wildman–Crippen MR) is 52.3 cm³/mol. The van der Waals surface area contributed by atoms with E-state index in [-0.39, 0.29) is 0 Å². The van der Waals surface area contributed by atoms with Gasteiger partial charge in [-0.05, 0) is 31.6 Å². The standard InChI is InChI=1S/C11H19NO/c1-9-5-4-6-10(9)11(13)12-7-2-3-8-12/h9-10H,2-8H2,1H3. The molecule has 0 N–H and O–H groups in total. The van der Waals surface area contributed by atoms with E-state index in [0.29, 0.717) is 17.7 Å². The van der Waals surface area contributed by atoms with Crippen LogP contribution in [0.25, 0.3) is 0 Å². The lowest BCUT2D eigenvalue weighted by molar-refractivity contribution is -0.135. The molecule has 1 aliphatic carbocycles. The molecule has 1 saturated heterocycles. The van der Waals surface area contributed by atoms with Crippen LogP contribution in [0.15, 0.2) is 0 Å². The number of carbonyl (C=O) groups excluding carboxylic acids is 1. The van der Waals surface area contributed by atoms with Gasteiger partial charge in [0.15, 0.2) is 0 Å². The van der Waals surface area contributed by atoms with Crippen LogP contribution in [0, 0.1) is 11.8 Å². The van der Waals surface area contributed by atoms with Gasteiger partial charge in [-0.15, -0.1) is 0 Å². The van der Waals surface area contributed by atoms with Crippen LogP contribution < -0.4 is 0 Å². The van der Waals surface area contributed by atoms with Crippen molar-refractivity contribution in [3.63, 3.8) is 0 Å². The van der Waals surface area contributed by atoms with Crippen LogP contribution in [0.3, 0.4) is 0 Å². The van der Waals surface area contributed by atoms with Gasteiger partial charge >= 0.3 is 0 Å². The summed E-state index contributed by atoms with van der Waals surface area (Å²) in [6, 6.07) is 0. The van der Waals surface area contributed by atoms with Gasteiger partial charge in [-0.2, -0.15) is 0 Å². The van der Waals surface area contributed by atoms with E-state index in [1.165, 1.54) is 25.7 Å². The molecule has 0 aromatic rings. The molecule has 0 radical (unpaired) electrons. The first-order valence-electron chi connectivity index (χ1n) is 5.58. The van der Waals surface area contributed by atoms with Gasteiger partial charge in [0.05, 0.1) is 0 Å². The largest absolute Gasteiger partial charge is 0.342 e. The smallest absolute Gasteiger partial charge is 0.225 e. The van der Waals surface area contributed by atoms with Crippen LogP contribution in [0.5, 0.6) is 0 Å². The van der Waals surface area contributed by atoms with Gasteiger partial charge in [-0.3, -0.25) is 4.79 Å². The van der Waals surface area contributed by atoms with Crippen LogP contribution in [-0.4, -0.2) is 23.9 Å². The number of amides is 1. The minimum atomic E-state index is 0.359. The minimum absolute atomic E-state index is 0.359. The summed E-state index contributed by atoms with van der Waals surface area (Å²) < 4.78 is 0. The highest BCUT2D eigenvalue weighted by Crippen LogP contribution is 2.33. The SMILES string of the molecule is CC1CCCC1C(=O)N1CCCC1. The third-order valence-electron chi connectivity index (χ3n) is 3.60. The Kier molecular flexibility index (Phi) is 2.56. The number of rotatable bonds is 1. The molecule has 2 heteroatoms. The first kappa shape index (κ1) is 9.04. The first-order chi connectivity index (χ1) is 6.29. The van der Waals surface area contributed by atoms with Crippen molar-refractivity contribution in [3.05, 3.63) is 0 Å². The molecule has 0 bridgehead atoms. The Morgan fingerprint density at radius 1 is 1.15 bits per heavy atom. The minimum Gasteiger partial charge on any atom is -0.342 e. The Hall–Kier alpha value is -0.530. The lowest BCUT2D eigenvalue weighted by Crippen LogP contribution is -2.34. The van der Waals surface area contributed by atoms with Gasteiger partial charge in [-0.1, -0.05) is 13.3 Å². The van der Waals surface area contributed by atoms with E-state index < -0.39 is 0 Å². The summed E-state index contributed by atoms with van der Waals surface area (Å²) in [5, 5.41) is 0. The summed E-state index contributed by atoms with van der Waals surface area (Å²) in [6.07, 6.45) is 6.08. The summed E-state index contributed by atoms with van der Waals surface area (Å²) in [6.45, 7) is 4.26. The number of hydrogen-bond acceptors (Lipinski definition) is 1. The van der Waals surface area contributed by atoms with Crippen LogP contribution in [-0.2, 0) is 4.79 Å². The Balaban J connectivity index is 1.95. The molecular formula is C11H19NO. The molecule has 2 unspecified atom stereocenters. The zero-order chi connectivity index (χ0) is 9.26. The van der Waals surface area contributed by atoms with E-state index >= 15 is 0 Å². The van der Waals surface area contributed by atoms with Crippen molar-refractivity contribution in [3.8, 4) is 0 Å². The molecule has 2 aliphatic rings. The van der Waals surface area contributed by atoms with Gasteiger partial charge < -0.3 is 4.90 Å². The summed E-state index contributed by atoms with van der Waals surface area (Å²) >= 11 is 0. The number of nitrogens with zero attached hydrogens (tertiary/aromatic N) is 1. The number of carbonyl (C=O) groups is 1. The maximum atomic E-state index is 12.0. The number of hydrogen-bond donors (Lipinski definition) is 0. The zero-order valence-electron chi connectivity index (χ0n) is 8.46. The zero-order valence-corrected chi connectivity index (χ0v) is 8.46. The van der Waals surface area contributed by atoms with E-state index in [1.54, 1.807) is 0 Å². The van der Waals surface area contributed by atoms with Crippen LogP contribution in [0.4, 0.5) is 0 Å². The molecule has 1 aliphatic heterocycles. The maximum Gasteiger partial charge on any atom is 0.225 e. The lowest BCUT2D eigenvalue weighted by atomic mass is 9.97. The lowest BCUT2D eigenvalue weighted by Gasteiger charge is -2.22. The molecule has 2 rings (SSSR count). The third-order valence-corrected chi connectivity index (χ3v) is 3.60. The van der Waals surface area contributed by atoms with E-state index in [9.17, 15) is 4.79 Å². The Morgan fingerprint density at radius 2 is 1.85 bits per heavy atom. The molecular weight excluding hydrogens is 162 g/mol. The van der Waals surface area contributed by atoms with E-state index in [4.69, 9.17) is 0 Å². The van der Waals surface area contributed by atoms with Gasteiger partial charge in [-0.25, -0.2) is 0 Å². The second-order valence-corrected chi connectivity index (χ2v) is 4.55. The molecule has 2 nitrogen and oxygen atoms in total. The molecule has 0 aromatic carbocycles. The monoisotopic (exact) mass is 181 g/mol. The van der Waals surface area contributed by atoms with Gasteiger partial charge in [0.1, 0.15) is 0 Å². The highest BCUT2D eigenvalue weighted by molar-refractivity contribution is 5.79. The molecule has 0 aromatic heterocycles. The van der Waals surface area contributed by atoms with Crippen molar-refractivity contribution in [2.24, 2.45) is 11.8 Å². The summed E-state index contributed by atoms with van der Waals surface area (Å²) in [5.74, 6) is 1.44. The predicted octanol–water partition coefficient (Wildman–Crippen LogP) is 2.04. The number of likely N-dealkylation sites (tertiary alicyclic amines) is 1. The fraction of sp³-hybridized carbons (Fsp3) is 0.909. The molecule has 1 saturated carbocycles. The molecule has 1 amide bonds. The van der Waals surface area contributed by atoms with Crippen molar-refractivity contribution in [1.82, 2.24) is 4.90 Å². The van der Waals surface area contributed by atoms with Crippen LogP contribution in [0.1, 0.15) is 39.0 Å². The maximum absolute atomic E-state index is 12.0. The van der Waals surface area contributed by atoms with Crippen molar-refractivity contribution >= 4 is 5.91 Å². The highest BCUT2D eigenvalue weighted by atomic mass is 16.2. The normalized spacial score (nSPS) is 34.1. The molecule has 74 valence electrons. The Morgan fingerprint density at radius 3 is 2.38 bits per heavy atom. The second kappa shape index (κ2) is 3.69. The molecule has 13 heavy (non-hydrogen) atoms. The fourth-order valence-corrected chi connectivity index (χ4v) is 2.68. The average molecular weight is 181 g/mol.